The lowest BCUT2D eigenvalue weighted by atomic mass is 10.4. The summed E-state index contributed by atoms with van der Waals surface area (Å²) in [6, 6.07) is 0. The van der Waals surface area contributed by atoms with Gasteiger partial charge in [0, 0.05) is 25.9 Å². The van der Waals surface area contributed by atoms with Crippen molar-refractivity contribution >= 4 is 11.9 Å². The molecule has 0 spiro atoms. The second-order valence-corrected chi connectivity index (χ2v) is 3.41. The molecule has 1 fully saturated rings. The lowest BCUT2D eigenvalue weighted by Gasteiger charge is -2.14. The quantitative estimate of drug-likeness (QED) is 0.489. The van der Waals surface area contributed by atoms with Crippen LogP contribution < -0.4 is 0 Å². The average Bonchev–Trinajstić information content (AvgIpc) is 2.58. The molecule has 4 heteroatoms. The van der Waals surface area contributed by atoms with Crippen LogP contribution in [0.2, 0.25) is 0 Å². The number of hydrogen-bond acceptors (Lipinski definition) is 3. The van der Waals surface area contributed by atoms with Gasteiger partial charge in [-0.05, 0) is 12.8 Å². The van der Waals surface area contributed by atoms with E-state index in [9.17, 15) is 9.59 Å². The molecule has 1 aliphatic rings. The van der Waals surface area contributed by atoms with Crippen molar-refractivity contribution in [1.29, 1.82) is 0 Å². The normalized spacial score (nSPS) is 16.1. The van der Waals surface area contributed by atoms with Crippen LogP contribution in [0.3, 0.4) is 0 Å². The summed E-state index contributed by atoms with van der Waals surface area (Å²) in [5.41, 5.74) is 0. The first-order chi connectivity index (χ1) is 6.74. The van der Waals surface area contributed by atoms with Gasteiger partial charge < -0.3 is 9.64 Å². The molecule has 14 heavy (non-hydrogen) atoms. The highest BCUT2D eigenvalue weighted by molar-refractivity contribution is 5.78. The van der Waals surface area contributed by atoms with Gasteiger partial charge in [0.2, 0.25) is 5.91 Å². The van der Waals surface area contributed by atoms with E-state index < -0.39 is 0 Å². The summed E-state index contributed by atoms with van der Waals surface area (Å²) in [4.78, 5) is 23.8. The Morgan fingerprint density at radius 2 is 2.36 bits per heavy atom. The SMILES string of the molecule is CCC(=O)OCCCN1CCCC1=O. The zero-order chi connectivity index (χ0) is 10.4. The first kappa shape index (κ1) is 11.0. The summed E-state index contributed by atoms with van der Waals surface area (Å²) in [6.07, 6.45) is 2.81. The predicted molar refractivity (Wildman–Crippen MR) is 51.7 cm³/mol. The molecule has 0 atom stereocenters. The summed E-state index contributed by atoms with van der Waals surface area (Å²) in [5.74, 6) is 0.0598. The highest BCUT2D eigenvalue weighted by Gasteiger charge is 2.18. The fraction of sp³-hybridized carbons (Fsp3) is 0.800. The van der Waals surface area contributed by atoms with E-state index in [2.05, 4.69) is 0 Å². The zero-order valence-corrected chi connectivity index (χ0v) is 8.62. The number of carbonyl (C=O) groups excluding carboxylic acids is 2. The second-order valence-electron chi connectivity index (χ2n) is 3.41. The lowest BCUT2D eigenvalue weighted by molar-refractivity contribution is -0.143. The molecular weight excluding hydrogens is 182 g/mol. The van der Waals surface area contributed by atoms with Crippen molar-refractivity contribution in [3.63, 3.8) is 0 Å². The van der Waals surface area contributed by atoms with Gasteiger partial charge in [0.15, 0.2) is 0 Å². The van der Waals surface area contributed by atoms with E-state index in [0.29, 0.717) is 19.4 Å². The molecule has 0 aromatic heterocycles. The van der Waals surface area contributed by atoms with E-state index in [1.165, 1.54) is 0 Å². The van der Waals surface area contributed by atoms with E-state index in [4.69, 9.17) is 4.74 Å². The Hall–Kier alpha value is -1.06. The van der Waals surface area contributed by atoms with Crippen molar-refractivity contribution in [2.24, 2.45) is 0 Å². The molecule has 1 saturated heterocycles. The minimum Gasteiger partial charge on any atom is -0.466 e. The van der Waals surface area contributed by atoms with Crippen LogP contribution >= 0.6 is 0 Å². The molecule has 1 heterocycles. The number of nitrogens with zero attached hydrogens (tertiary/aromatic N) is 1. The molecule has 1 rings (SSSR count). The molecule has 0 N–H and O–H groups in total. The third kappa shape index (κ3) is 3.36. The summed E-state index contributed by atoms with van der Waals surface area (Å²) in [5, 5.41) is 0. The van der Waals surface area contributed by atoms with Crippen molar-refractivity contribution in [3.8, 4) is 0 Å². The zero-order valence-electron chi connectivity index (χ0n) is 8.62. The summed E-state index contributed by atoms with van der Waals surface area (Å²) in [7, 11) is 0. The van der Waals surface area contributed by atoms with Gasteiger partial charge in [-0.2, -0.15) is 0 Å². The highest BCUT2D eigenvalue weighted by atomic mass is 16.5. The largest absolute Gasteiger partial charge is 0.466 e. The Kier molecular flexibility index (Phi) is 4.43. The van der Waals surface area contributed by atoms with Crippen molar-refractivity contribution < 1.29 is 14.3 Å². The molecule has 0 aliphatic carbocycles. The fourth-order valence-corrected chi connectivity index (χ4v) is 1.48. The number of amides is 1. The second kappa shape index (κ2) is 5.62. The Bertz CT molecular complexity index is 215. The third-order valence-electron chi connectivity index (χ3n) is 2.30. The molecule has 0 unspecified atom stereocenters. The third-order valence-corrected chi connectivity index (χ3v) is 2.30. The lowest BCUT2D eigenvalue weighted by Crippen LogP contribution is -2.26. The number of esters is 1. The molecule has 0 radical (unpaired) electrons. The monoisotopic (exact) mass is 199 g/mol. The Morgan fingerprint density at radius 3 is 2.93 bits per heavy atom. The standard InChI is InChI=1S/C10H17NO3/c1-2-10(13)14-8-4-7-11-6-3-5-9(11)12/h2-8H2,1H3. The van der Waals surface area contributed by atoms with Crippen LogP contribution in [0.15, 0.2) is 0 Å². The van der Waals surface area contributed by atoms with Gasteiger partial charge in [-0.25, -0.2) is 0 Å². The molecule has 0 aromatic carbocycles. The van der Waals surface area contributed by atoms with Crippen molar-refractivity contribution in [3.05, 3.63) is 0 Å². The minimum atomic E-state index is -0.169. The first-order valence-corrected chi connectivity index (χ1v) is 5.17. The van der Waals surface area contributed by atoms with Gasteiger partial charge >= 0.3 is 5.97 Å². The van der Waals surface area contributed by atoms with E-state index in [-0.39, 0.29) is 11.9 Å². The van der Waals surface area contributed by atoms with Crippen LogP contribution in [0.4, 0.5) is 0 Å². The minimum absolute atomic E-state index is 0.169. The van der Waals surface area contributed by atoms with Gasteiger partial charge in [-0.1, -0.05) is 6.92 Å². The fourth-order valence-electron chi connectivity index (χ4n) is 1.48. The van der Waals surface area contributed by atoms with E-state index in [1.54, 1.807) is 6.92 Å². The molecule has 0 aromatic rings. The molecule has 1 aliphatic heterocycles. The van der Waals surface area contributed by atoms with E-state index in [1.807, 2.05) is 4.90 Å². The van der Waals surface area contributed by atoms with Crippen LogP contribution in [-0.2, 0) is 14.3 Å². The van der Waals surface area contributed by atoms with Crippen molar-refractivity contribution in [1.82, 2.24) is 4.90 Å². The Balaban J connectivity index is 2.03. The van der Waals surface area contributed by atoms with E-state index in [0.717, 1.165) is 25.9 Å². The van der Waals surface area contributed by atoms with Gasteiger partial charge in [-0.3, -0.25) is 9.59 Å². The molecule has 0 saturated carbocycles. The maximum Gasteiger partial charge on any atom is 0.305 e. The average molecular weight is 199 g/mol. The topological polar surface area (TPSA) is 46.6 Å². The van der Waals surface area contributed by atoms with Gasteiger partial charge in [0.05, 0.1) is 6.61 Å². The molecular formula is C10H17NO3. The van der Waals surface area contributed by atoms with Crippen LogP contribution in [-0.4, -0.2) is 36.5 Å². The molecule has 4 nitrogen and oxygen atoms in total. The van der Waals surface area contributed by atoms with Crippen LogP contribution in [0.5, 0.6) is 0 Å². The maximum atomic E-state index is 11.2. The van der Waals surface area contributed by atoms with Gasteiger partial charge in [-0.15, -0.1) is 0 Å². The Labute approximate surface area is 84.2 Å². The highest BCUT2D eigenvalue weighted by Crippen LogP contribution is 2.09. The van der Waals surface area contributed by atoms with Crippen molar-refractivity contribution in [2.45, 2.75) is 32.6 Å². The number of carbonyl (C=O) groups is 2. The molecule has 1 amide bonds. The summed E-state index contributed by atoms with van der Waals surface area (Å²) in [6.45, 7) is 3.78. The number of ether oxygens (including phenoxy) is 1. The van der Waals surface area contributed by atoms with Gasteiger partial charge in [0.25, 0.3) is 0 Å². The molecule has 80 valence electrons. The van der Waals surface area contributed by atoms with Gasteiger partial charge in [0.1, 0.15) is 0 Å². The molecule has 0 bridgehead atoms. The number of likely N-dealkylation sites (tertiary alicyclic amines) is 1. The van der Waals surface area contributed by atoms with E-state index >= 15 is 0 Å². The maximum absolute atomic E-state index is 11.2. The smallest absolute Gasteiger partial charge is 0.305 e. The number of rotatable bonds is 5. The first-order valence-electron chi connectivity index (χ1n) is 5.17. The number of hydrogen-bond donors (Lipinski definition) is 0. The summed E-state index contributed by atoms with van der Waals surface area (Å²) < 4.78 is 4.91. The van der Waals surface area contributed by atoms with Crippen molar-refractivity contribution in [2.75, 3.05) is 19.7 Å². The predicted octanol–water partition coefficient (Wildman–Crippen LogP) is 0.952. The van der Waals surface area contributed by atoms with Crippen LogP contribution in [0.1, 0.15) is 32.6 Å². The van der Waals surface area contributed by atoms with Crippen LogP contribution in [0, 0.1) is 0 Å². The van der Waals surface area contributed by atoms with Crippen LogP contribution in [0.25, 0.3) is 0 Å². The summed E-state index contributed by atoms with van der Waals surface area (Å²) >= 11 is 0. The Morgan fingerprint density at radius 1 is 1.57 bits per heavy atom.